The van der Waals surface area contributed by atoms with Gasteiger partial charge in [0.25, 0.3) is 0 Å². The molecule has 0 aliphatic rings. The highest BCUT2D eigenvalue weighted by atomic mass is 15.0. The summed E-state index contributed by atoms with van der Waals surface area (Å²) in [5.74, 6) is 1.69. The third kappa shape index (κ3) is 9.05. The number of hydrogen-bond acceptors (Lipinski definition) is 4. The molecule has 0 amide bonds. The molecule has 4 nitrogen and oxygen atoms in total. The lowest BCUT2D eigenvalue weighted by Gasteiger charge is -2.13. The van der Waals surface area contributed by atoms with E-state index in [1.54, 1.807) is 6.08 Å². The first-order valence-electron chi connectivity index (χ1n) is 17.5. The summed E-state index contributed by atoms with van der Waals surface area (Å²) in [5, 5.41) is 0. The SMILES string of the molecule is C=C/C(=C\C(=C)/C(=C/C=C\C)CC)c1nc(-c2ccccc2)nc(-c2cc(-c3ccccc3)cc(-c3cccc(-c4ccccn4)c3)c2)n1.CC. The zero-order chi connectivity index (χ0) is 36.0. The van der Waals surface area contributed by atoms with E-state index in [2.05, 4.69) is 97.9 Å². The van der Waals surface area contributed by atoms with Crippen LogP contribution in [0.4, 0.5) is 0 Å². The summed E-state index contributed by atoms with van der Waals surface area (Å²) >= 11 is 0. The molecule has 4 heteroatoms. The van der Waals surface area contributed by atoms with Crippen molar-refractivity contribution in [3.05, 3.63) is 188 Å². The Labute approximate surface area is 303 Å². The van der Waals surface area contributed by atoms with Gasteiger partial charge in [-0.05, 0) is 89.2 Å². The Morgan fingerprint density at radius 2 is 1.20 bits per heavy atom. The highest BCUT2D eigenvalue weighted by Crippen LogP contribution is 2.34. The van der Waals surface area contributed by atoms with E-state index >= 15 is 0 Å². The number of aromatic nitrogens is 4. The van der Waals surface area contributed by atoms with Crippen LogP contribution < -0.4 is 0 Å². The van der Waals surface area contributed by atoms with Gasteiger partial charge < -0.3 is 0 Å². The Morgan fingerprint density at radius 1 is 0.627 bits per heavy atom. The molecule has 0 aliphatic carbocycles. The van der Waals surface area contributed by atoms with Crippen molar-refractivity contribution in [2.45, 2.75) is 34.1 Å². The van der Waals surface area contributed by atoms with Gasteiger partial charge in [0.15, 0.2) is 17.5 Å². The fourth-order valence-electron chi connectivity index (χ4n) is 5.62. The highest BCUT2D eigenvalue weighted by molar-refractivity contribution is 5.82. The molecule has 6 rings (SSSR count). The average Bonchev–Trinajstić information content (AvgIpc) is 3.21. The van der Waals surface area contributed by atoms with Gasteiger partial charge in [0, 0.05) is 28.5 Å². The smallest absolute Gasteiger partial charge is 0.164 e. The number of rotatable bonds is 11. The molecule has 0 bridgehead atoms. The Hall–Kier alpha value is -6.26. The first-order valence-corrected chi connectivity index (χ1v) is 17.5. The molecule has 0 fully saturated rings. The van der Waals surface area contributed by atoms with Crippen LogP contribution in [-0.2, 0) is 0 Å². The average molecular weight is 665 g/mol. The summed E-state index contributed by atoms with van der Waals surface area (Å²) in [6.07, 6.45) is 12.6. The van der Waals surface area contributed by atoms with Gasteiger partial charge in [-0.15, -0.1) is 0 Å². The maximum absolute atomic E-state index is 5.09. The molecule has 2 heterocycles. The zero-order valence-electron chi connectivity index (χ0n) is 29.9. The second-order valence-electron chi connectivity index (χ2n) is 11.5. The molecule has 0 N–H and O–H groups in total. The molecule has 0 atom stereocenters. The first-order chi connectivity index (χ1) is 25.1. The molecule has 0 saturated heterocycles. The van der Waals surface area contributed by atoms with Crippen LogP contribution in [-0.4, -0.2) is 19.9 Å². The van der Waals surface area contributed by atoms with Crippen molar-refractivity contribution in [3.63, 3.8) is 0 Å². The van der Waals surface area contributed by atoms with Crippen LogP contribution in [0.1, 0.15) is 39.9 Å². The third-order valence-corrected chi connectivity index (χ3v) is 8.21. The summed E-state index contributed by atoms with van der Waals surface area (Å²) in [7, 11) is 0. The van der Waals surface area contributed by atoms with E-state index in [4.69, 9.17) is 15.0 Å². The Kier molecular flexibility index (Phi) is 12.7. The van der Waals surface area contributed by atoms with Crippen molar-refractivity contribution < 1.29 is 0 Å². The molecule has 2 aromatic heterocycles. The van der Waals surface area contributed by atoms with Crippen LogP contribution in [0.3, 0.4) is 0 Å². The van der Waals surface area contributed by atoms with Crippen molar-refractivity contribution >= 4 is 5.57 Å². The van der Waals surface area contributed by atoms with Crippen LogP contribution in [0.5, 0.6) is 0 Å². The van der Waals surface area contributed by atoms with Gasteiger partial charge in [-0.1, -0.05) is 143 Å². The summed E-state index contributed by atoms with van der Waals surface area (Å²) in [6.45, 7) is 16.6. The standard InChI is InChI=1S/C45H38N4.C2H6/c1-5-8-18-33(6-2)32(4)27-34(7-3)43-47-44(36-21-13-10-14-22-36)49-45(48-43)41-30-39(35-19-11-9-12-20-35)29-40(31-41)37-23-17-24-38(28-37)42-25-15-16-26-46-42;1-2/h5,7-31H,3-4,6H2,1-2H3;1-2H3/b8-5-,33-18+,34-27+;. The van der Waals surface area contributed by atoms with Gasteiger partial charge in [-0.2, -0.15) is 0 Å². The summed E-state index contributed by atoms with van der Waals surface area (Å²) in [6, 6.07) is 41.4. The normalized spacial score (nSPS) is 11.5. The lowest BCUT2D eigenvalue weighted by atomic mass is 9.94. The zero-order valence-corrected chi connectivity index (χ0v) is 29.9. The van der Waals surface area contributed by atoms with Crippen LogP contribution in [0, 0.1) is 0 Å². The second-order valence-corrected chi connectivity index (χ2v) is 11.5. The Bertz CT molecular complexity index is 2180. The lowest BCUT2D eigenvalue weighted by Crippen LogP contribution is -2.03. The predicted octanol–water partition coefficient (Wildman–Crippen LogP) is 12.7. The molecule has 252 valence electrons. The predicted molar refractivity (Wildman–Crippen MR) is 217 cm³/mol. The van der Waals surface area contributed by atoms with E-state index in [1.165, 1.54) is 0 Å². The molecule has 0 radical (unpaired) electrons. The maximum atomic E-state index is 5.09. The minimum absolute atomic E-state index is 0.533. The van der Waals surface area contributed by atoms with Crippen molar-refractivity contribution in [2.75, 3.05) is 0 Å². The van der Waals surface area contributed by atoms with Crippen LogP contribution >= 0.6 is 0 Å². The van der Waals surface area contributed by atoms with Crippen molar-refractivity contribution in [2.24, 2.45) is 0 Å². The van der Waals surface area contributed by atoms with E-state index in [9.17, 15) is 0 Å². The van der Waals surface area contributed by atoms with Gasteiger partial charge in [-0.25, -0.2) is 15.0 Å². The fraction of sp³-hybridized carbons (Fsp3) is 0.106. The molecule has 0 aliphatic heterocycles. The quantitative estimate of drug-likeness (QED) is 0.129. The number of hydrogen-bond donors (Lipinski definition) is 0. The minimum Gasteiger partial charge on any atom is -0.256 e. The molecule has 0 unspecified atom stereocenters. The van der Waals surface area contributed by atoms with Crippen LogP contribution in [0.25, 0.3) is 61.9 Å². The molecular formula is C47H44N4. The summed E-state index contributed by atoms with van der Waals surface area (Å²) < 4.78 is 0. The topological polar surface area (TPSA) is 51.6 Å². The number of allylic oxidation sites excluding steroid dienone is 8. The number of pyridine rings is 1. The van der Waals surface area contributed by atoms with E-state index in [0.717, 1.165) is 67.8 Å². The number of nitrogens with zero attached hydrogens (tertiary/aromatic N) is 4. The number of benzene rings is 4. The molecule has 0 saturated carbocycles. The molecule has 51 heavy (non-hydrogen) atoms. The van der Waals surface area contributed by atoms with Crippen molar-refractivity contribution in [1.82, 2.24) is 19.9 Å². The van der Waals surface area contributed by atoms with Gasteiger partial charge in [0.2, 0.25) is 0 Å². The Morgan fingerprint density at radius 3 is 1.82 bits per heavy atom. The monoisotopic (exact) mass is 664 g/mol. The minimum atomic E-state index is 0.533. The van der Waals surface area contributed by atoms with E-state index in [-0.39, 0.29) is 0 Å². The Balaban J connectivity index is 0.00000248. The van der Waals surface area contributed by atoms with Crippen LogP contribution in [0.2, 0.25) is 0 Å². The second kappa shape index (κ2) is 17.9. The molecular weight excluding hydrogens is 621 g/mol. The first kappa shape index (κ1) is 36.0. The fourth-order valence-corrected chi connectivity index (χ4v) is 5.62. The summed E-state index contributed by atoms with van der Waals surface area (Å²) in [4.78, 5) is 19.7. The van der Waals surface area contributed by atoms with E-state index < -0.39 is 0 Å². The molecule has 4 aromatic carbocycles. The van der Waals surface area contributed by atoms with Crippen molar-refractivity contribution in [3.8, 4) is 56.3 Å². The lowest BCUT2D eigenvalue weighted by molar-refractivity contribution is 1.04. The van der Waals surface area contributed by atoms with E-state index in [0.29, 0.717) is 17.5 Å². The van der Waals surface area contributed by atoms with Crippen LogP contribution in [0.15, 0.2) is 182 Å². The molecule has 6 aromatic rings. The summed E-state index contributed by atoms with van der Waals surface area (Å²) in [5.41, 5.74) is 10.8. The van der Waals surface area contributed by atoms with Gasteiger partial charge in [-0.3, -0.25) is 4.98 Å². The van der Waals surface area contributed by atoms with Gasteiger partial charge in [0.1, 0.15) is 0 Å². The largest absolute Gasteiger partial charge is 0.256 e. The van der Waals surface area contributed by atoms with E-state index in [1.807, 2.05) is 99.8 Å². The highest BCUT2D eigenvalue weighted by Gasteiger charge is 2.16. The third-order valence-electron chi connectivity index (χ3n) is 8.21. The van der Waals surface area contributed by atoms with Gasteiger partial charge >= 0.3 is 0 Å². The molecule has 0 spiro atoms. The van der Waals surface area contributed by atoms with Crippen molar-refractivity contribution in [1.29, 1.82) is 0 Å². The van der Waals surface area contributed by atoms with Gasteiger partial charge in [0.05, 0.1) is 5.69 Å². The maximum Gasteiger partial charge on any atom is 0.164 e.